The second-order valence-corrected chi connectivity index (χ2v) is 10.3. The average Bonchev–Trinajstić information content (AvgIpc) is 2.95. The van der Waals surface area contributed by atoms with Gasteiger partial charge >= 0.3 is 0 Å². The molecule has 0 spiro atoms. The third kappa shape index (κ3) is 3.71. The van der Waals surface area contributed by atoms with Gasteiger partial charge in [0.05, 0.1) is 18.8 Å². The summed E-state index contributed by atoms with van der Waals surface area (Å²) in [6.45, 7) is 11.2. The molecule has 5 nitrogen and oxygen atoms in total. The molecule has 3 aliphatic heterocycles. The van der Waals surface area contributed by atoms with Crippen LogP contribution < -0.4 is 9.64 Å². The zero-order valence-electron chi connectivity index (χ0n) is 19.9. The molecule has 5 rings (SSSR count). The highest BCUT2D eigenvalue weighted by molar-refractivity contribution is 6.02. The van der Waals surface area contributed by atoms with Gasteiger partial charge in [-0.05, 0) is 62.8 Å². The van der Waals surface area contributed by atoms with Crippen molar-refractivity contribution in [2.45, 2.75) is 58.2 Å². The summed E-state index contributed by atoms with van der Waals surface area (Å²) in [5.74, 6) is 1.27. The number of rotatable bonds is 4. The minimum Gasteiger partial charge on any atom is -0.496 e. The quantitative estimate of drug-likeness (QED) is 0.735. The Labute approximate surface area is 191 Å². The van der Waals surface area contributed by atoms with Gasteiger partial charge in [0.2, 0.25) is 5.91 Å². The van der Waals surface area contributed by atoms with Crippen molar-refractivity contribution in [2.75, 3.05) is 38.2 Å². The number of carbonyl (C=O) groups is 1. The molecule has 2 aromatic carbocycles. The topological polar surface area (TPSA) is 36.0 Å². The largest absolute Gasteiger partial charge is 0.496 e. The number of carbonyl (C=O) groups excluding carboxylic acids is 1. The van der Waals surface area contributed by atoms with Gasteiger partial charge in [-0.15, -0.1) is 0 Å². The van der Waals surface area contributed by atoms with Crippen molar-refractivity contribution >= 4 is 11.6 Å². The lowest BCUT2D eigenvalue weighted by Gasteiger charge is -2.41. The van der Waals surface area contributed by atoms with Crippen LogP contribution in [-0.4, -0.2) is 60.6 Å². The molecule has 170 valence electrons. The van der Waals surface area contributed by atoms with Crippen LogP contribution in [0.25, 0.3) is 0 Å². The van der Waals surface area contributed by atoms with Gasteiger partial charge in [-0.1, -0.05) is 30.3 Å². The molecule has 5 heteroatoms. The Morgan fingerprint density at radius 3 is 2.56 bits per heavy atom. The molecule has 0 aromatic heterocycles. The van der Waals surface area contributed by atoms with Crippen LogP contribution in [0.4, 0.5) is 5.69 Å². The summed E-state index contributed by atoms with van der Waals surface area (Å²) in [7, 11) is 1.75. The number of nitrogens with zero attached hydrogens (tertiary/aromatic N) is 3. The first-order valence-electron chi connectivity index (χ1n) is 11.9. The van der Waals surface area contributed by atoms with Crippen LogP contribution >= 0.6 is 0 Å². The van der Waals surface area contributed by atoms with Crippen LogP contribution in [0, 0.1) is 6.92 Å². The van der Waals surface area contributed by atoms with Crippen LogP contribution in [0.2, 0.25) is 0 Å². The van der Waals surface area contributed by atoms with Crippen LogP contribution in [-0.2, 0) is 24.2 Å². The number of amides is 1. The SMILES string of the molecule is COc1cc(C)ccc1CN1CCN([C@H]2CCc3cccc4c3N(C2=O)C(C)(C)C4)CC1. The molecule has 32 heavy (non-hydrogen) atoms. The Kier molecular flexibility index (Phi) is 5.50. The molecule has 0 saturated carbocycles. The van der Waals surface area contributed by atoms with E-state index in [9.17, 15) is 4.79 Å². The van der Waals surface area contributed by atoms with E-state index in [1.54, 1.807) is 7.11 Å². The predicted octanol–water partition coefficient (Wildman–Crippen LogP) is 3.80. The number of ether oxygens (including phenoxy) is 1. The maximum absolute atomic E-state index is 13.8. The summed E-state index contributed by atoms with van der Waals surface area (Å²) >= 11 is 0. The molecule has 0 N–H and O–H groups in total. The van der Waals surface area contributed by atoms with E-state index in [1.165, 1.54) is 27.9 Å². The van der Waals surface area contributed by atoms with Gasteiger partial charge in [0.25, 0.3) is 0 Å². The van der Waals surface area contributed by atoms with Gasteiger partial charge in [-0.3, -0.25) is 14.6 Å². The maximum Gasteiger partial charge on any atom is 0.244 e. The number of piperazine rings is 1. The first kappa shape index (κ1) is 21.5. The van der Waals surface area contributed by atoms with Crippen LogP contribution in [0.15, 0.2) is 36.4 Å². The second kappa shape index (κ2) is 8.20. The van der Waals surface area contributed by atoms with Gasteiger partial charge in [0.15, 0.2) is 0 Å². The summed E-state index contributed by atoms with van der Waals surface area (Å²) in [5.41, 5.74) is 6.18. The molecular weight excluding hydrogens is 398 g/mol. The molecule has 1 saturated heterocycles. The van der Waals surface area contributed by atoms with Crippen molar-refractivity contribution in [3.63, 3.8) is 0 Å². The fraction of sp³-hybridized carbons (Fsp3) is 0.519. The highest BCUT2D eigenvalue weighted by Crippen LogP contribution is 2.44. The molecule has 3 aliphatic rings. The fourth-order valence-corrected chi connectivity index (χ4v) is 5.89. The van der Waals surface area contributed by atoms with Crippen molar-refractivity contribution in [3.8, 4) is 5.75 Å². The van der Waals surface area contributed by atoms with E-state index in [4.69, 9.17) is 4.74 Å². The van der Waals surface area contributed by atoms with Crippen molar-refractivity contribution in [1.82, 2.24) is 9.80 Å². The van der Waals surface area contributed by atoms with Gasteiger partial charge < -0.3 is 9.64 Å². The molecule has 0 bridgehead atoms. The lowest BCUT2D eigenvalue weighted by Crippen LogP contribution is -2.58. The number of methoxy groups -OCH3 is 1. The maximum atomic E-state index is 13.8. The Morgan fingerprint density at radius 1 is 1.06 bits per heavy atom. The van der Waals surface area contributed by atoms with E-state index < -0.39 is 0 Å². The summed E-state index contributed by atoms with van der Waals surface area (Å²) in [4.78, 5) is 20.9. The standard InChI is InChI=1S/C27H35N3O2/c1-19-8-9-22(24(16-19)32-4)18-28-12-14-29(15-13-28)23-11-10-20-6-5-7-21-17-27(2,3)30(25(20)21)26(23)31/h5-9,16,23H,10-15,17-18H2,1-4H3/t23-/m0/s1. The Bertz CT molecular complexity index is 1020. The van der Waals surface area contributed by atoms with Crippen molar-refractivity contribution in [2.24, 2.45) is 0 Å². The molecule has 0 aliphatic carbocycles. The zero-order valence-corrected chi connectivity index (χ0v) is 19.9. The van der Waals surface area contributed by atoms with Gasteiger partial charge in [-0.2, -0.15) is 0 Å². The zero-order chi connectivity index (χ0) is 22.5. The van der Waals surface area contributed by atoms with Crippen molar-refractivity contribution < 1.29 is 9.53 Å². The molecule has 2 aromatic rings. The lowest BCUT2D eigenvalue weighted by atomic mass is 9.96. The smallest absolute Gasteiger partial charge is 0.244 e. The minimum atomic E-state index is -0.151. The number of hydrogen-bond donors (Lipinski definition) is 0. The van der Waals surface area contributed by atoms with E-state index in [0.717, 1.165) is 57.7 Å². The molecule has 1 amide bonds. The highest BCUT2D eigenvalue weighted by atomic mass is 16.5. The number of aryl methyl sites for hydroxylation is 2. The molecule has 1 atom stereocenters. The predicted molar refractivity (Wildman–Crippen MR) is 128 cm³/mol. The third-order valence-electron chi connectivity index (χ3n) is 7.53. The molecule has 1 fully saturated rings. The normalized spacial score (nSPS) is 23.2. The van der Waals surface area contributed by atoms with Crippen LogP contribution in [0.5, 0.6) is 5.75 Å². The van der Waals surface area contributed by atoms with Crippen molar-refractivity contribution in [1.29, 1.82) is 0 Å². The third-order valence-corrected chi connectivity index (χ3v) is 7.53. The molecule has 0 unspecified atom stereocenters. The number of anilines is 1. The minimum absolute atomic E-state index is 0.0244. The second-order valence-electron chi connectivity index (χ2n) is 10.3. The van der Waals surface area contributed by atoms with E-state index in [-0.39, 0.29) is 11.6 Å². The van der Waals surface area contributed by atoms with Crippen LogP contribution in [0.1, 0.15) is 42.5 Å². The highest BCUT2D eigenvalue weighted by Gasteiger charge is 2.46. The Balaban J connectivity index is 1.29. The van der Waals surface area contributed by atoms with Crippen molar-refractivity contribution in [3.05, 3.63) is 58.7 Å². The van der Waals surface area contributed by atoms with E-state index in [1.807, 2.05) is 0 Å². The number of para-hydroxylation sites is 1. The molecular formula is C27H35N3O2. The fourth-order valence-electron chi connectivity index (χ4n) is 5.89. The molecule has 3 heterocycles. The Hall–Kier alpha value is -2.37. The number of benzene rings is 2. The summed E-state index contributed by atoms with van der Waals surface area (Å²) in [5, 5.41) is 0. The summed E-state index contributed by atoms with van der Waals surface area (Å²) in [6, 6.07) is 13.0. The monoisotopic (exact) mass is 433 g/mol. The summed E-state index contributed by atoms with van der Waals surface area (Å²) < 4.78 is 5.60. The first-order valence-corrected chi connectivity index (χ1v) is 11.9. The van der Waals surface area contributed by atoms with Gasteiger partial charge in [0, 0.05) is 43.8 Å². The lowest BCUT2D eigenvalue weighted by molar-refractivity contribution is -0.125. The van der Waals surface area contributed by atoms with E-state index >= 15 is 0 Å². The Morgan fingerprint density at radius 2 is 1.81 bits per heavy atom. The molecule has 0 radical (unpaired) electrons. The van der Waals surface area contributed by atoms with E-state index in [2.05, 4.69) is 71.9 Å². The first-order chi connectivity index (χ1) is 15.4. The van der Waals surface area contributed by atoms with Crippen LogP contribution in [0.3, 0.4) is 0 Å². The summed E-state index contributed by atoms with van der Waals surface area (Å²) in [6.07, 6.45) is 2.83. The average molecular weight is 434 g/mol. The van der Waals surface area contributed by atoms with E-state index in [0.29, 0.717) is 5.91 Å². The van der Waals surface area contributed by atoms with Gasteiger partial charge in [-0.25, -0.2) is 0 Å². The van der Waals surface area contributed by atoms with Gasteiger partial charge in [0.1, 0.15) is 5.75 Å². The number of hydrogen-bond acceptors (Lipinski definition) is 4.